The number of hydrogen-bond acceptors (Lipinski definition) is 4. The SMILES string of the molecule is Cc1cc(NC(=O)c2ccccc2I)n(-c2nc3c(c(=O)[nH]2)CCC3)n1. The van der Waals surface area contributed by atoms with Crippen LogP contribution in [0.2, 0.25) is 0 Å². The van der Waals surface area contributed by atoms with Crippen LogP contribution >= 0.6 is 22.6 Å². The largest absolute Gasteiger partial charge is 0.306 e. The van der Waals surface area contributed by atoms with E-state index in [-0.39, 0.29) is 11.5 Å². The molecule has 132 valence electrons. The first-order valence-electron chi connectivity index (χ1n) is 8.28. The first-order chi connectivity index (χ1) is 12.5. The second-order valence-electron chi connectivity index (χ2n) is 6.19. The minimum atomic E-state index is -0.236. The summed E-state index contributed by atoms with van der Waals surface area (Å²) in [6.07, 6.45) is 2.48. The molecule has 8 heteroatoms. The van der Waals surface area contributed by atoms with Crippen LogP contribution in [0.4, 0.5) is 5.82 Å². The van der Waals surface area contributed by atoms with Gasteiger partial charge in [0, 0.05) is 15.2 Å². The number of rotatable bonds is 3. The highest BCUT2D eigenvalue weighted by Crippen LogP contribution is 2.20. The Balaban J connectivity index is 1.72. The fraction of sp³-hybridized carbons (Fsp3) is 0.222. The summed E-state index contributed by atoms with van der Waals surface area (Å²) in [5.74, 6) is 0.551. The number of aromatic amines is 1. The second-order valence-corrected chi connectivity index (χ2v) is 7.35. The zero-order valence-corrected chi connectivity index (χ0v) is 16.2. The van der Waals surface area contributed by atoms with Crippen LogP contribution in [0.15, 0.2) is 35.1 Å². The van der Waals surface area contributed by atoms with Crippen molar-refractivity contribution in [2.75, 3.05) is 5.32 Å². The third-order valence-corrected chi connectivity index (χ3v) is 5.26. The first-order valence-corrected chi connectivity index (χ1v) is 9.36. The molecule has 1 amide bonds. The zero-order chi connectivity index (χ0) is 18.3. The summed E-state index contributed by atoms with van der Waals surface area (Å²) >= 11 is 2.12. The molecule has 0 unspecified atom stereocenters. The van der Waals surface area contributed by atoms with Gasteiger partial charge in [0.15, 0.2) is 0 Å². The van der Waals surface area contributed by atoms with Crippen LogP contribution in [-0.4, -0.2) is 25.7 Å². The van der Waals surface area contributed by atoms with E-state index < -0.39 is 0 Å². The lowest BCUT2D eigenvalue weighted by atomic mass is 10.2. The van der Waals surface area contributed by atoms with E-state index >= 15 is 0 Å². The highest BCUT2D eigenvalue weighted by Gasteiger charge is 2.20. The minimum absolute atomic E-state index is 0.134. The number of hydrogen-bond donors (Lipinski definition) is 2. The molecular formula is C18H16IN5O2. The summed E-state index contributed by atoms with van der Waals surface area (Å²) in [5, 5.41) is 7.25. The summed E-state index contributed by atoms with van der Waals surface area (Å²) in [6, 6.07) is 9.09. The number of halogens is 1. The number of nitrogens with one attached hydrogen (secondary N) is 2. The second kappa shape index (κ2) is 6.67. The van der Waals surface area contributed by atoms with Crippen molar-refractivity contribution in [2.45, 2.75) is 26.2 Å². The van der Waals surface area contributed by atoms with Gasteiger partial charge in [-0.05, 0) is 60.9 Å². The lowest BCUT2D eigenvalue weighted by Crippen LogP contribution is -2.21. The maximum atomic E-state index is 12.6. The lowest BCUT2D eigenvalue weighted by Gasteiger charge is -2.10. The van der Waals surface area contributed by atoms with Crippen molar-refractivity contribution < 1.29 is 4.79 Å². The smallest absolute Gasteiger partial charge is 0.257 e. The molecule has 1 aliphatic carbocycles. The number of fused-ring (bicyclic) bond motifs is 1. The van der Waals surface area contributed by atoms with Crippen molar-refractivity contribution in [2.24, 2.45) is 0 Å². The third-order valence-electron chi connectivity index (χ3n) is 4.32. The van der Waals surface area contributed by atoms with Crippen LogP contribution in [0.5, 0.6) is 0 Å². The Morgan fingerprint density at radius 3 is 2.92 bits per heavy atom. The van der Waals surface area contributed by atoms with Gasteiger partial charge in [-0.1, -0.05) is 12.1 Å². The van der Waals surface area contributed by atoms with Crippen molar-refractivity contribution in [3.63, 3.8) is 0 Å². The molecule has 3 aromatic rings. The van der Waals surface area contributed by atoms with Crippen molar-refractivity contribution >= 4 is 34.3 Å². The fourth-order valence-corrected chi connectivity index (χ4v) is 3.74. The van der Waals surface area contributed by atoms with Gasteiger partial charge in [-0.15, -0.1) is 0 Å². The van der Waals surface area contributed by atoms with Crippen molar-refractivity contribution in [1.82, 2.24) is 19.7 Å². The first kappa shape index (κ1) is 17.0. The van der Waals surface area contributed by atoms with Gasteiger partial charge in [-0.3, -0.25) is 14.6 Å². The molecule has 0 saturated carbocycles. The standard InChI is InChI=1S/C18H16IN5O2/c1-10-9-15(21-16(25)11-5-2-3-7-13(11)19)24(23-10)18-20-14-8-4-6-12(14)17(26)22-18/h2-3,5,7,9H,4,6,8H2,1H3,(H,21,25)(H,20,22,26). The summed E-state index contributed by atoms with van der Waals surface area (Å²) in [7, 11) is 0. The van der Waals surface area contributed by atoms with Crippen LogP contribution < -0.4 is 10.9 Å². The maximum Gasteiger partial charge on any atom is 0.257 e. The number of aryl methyl sites for hydroxylation is 2. The van der Waals surface area contributed by atoms with Crippen LogP contribution in [-0.2, 0) is 12.8 Å². The zero-order valence-electron chi connectivity index (χ0n) is 14.0. The number of aromatic nitrogens is 4. The minimum Gasteiger partial charge on any atom is -0.306 e. The summed E-state index contributed by atoms with van der Waals surface area (Å²) in [6.45, 7) is 1.82. The Morgan fingerprint density at radius 2 is 2.12 bits per heavy atom. The van der Waals surface area contributed by atoms with Gasteiger partial charge < -0.3 is 5.32 Å². The maximum absolute atomic E-state index is 12.6. The van der Waals surface area contributed by atoms with E-state index in [2.05, 4.69) is 43.0 Å². The van der Waals surface area contributed by atoms with E-state index in [0.29, 0.717) is 23.0 Å². The van der Waals surface area contributed by atoms with Crippen molar-refractivity contribution in [3.05, 3.63) is 66.8 Å². The van der Waals surface area contributed by atoms with Crippen LogP contribution in [0.3, 0.4) is 0 Å². The molecule has 0 atom stereocenters. The van der Waals surface area contributed by atoms with Gasteiger partial charge in [0.05, 0.1) is 17.0 Å². The molecule has 0 radical (unpaired) electrons. The third kappa shape index (κ3) is 3.05. The molecule has 0 aliphatic heterocycles. The fourth-order valence-electron chi connectivity index (χ4n) is 3.11. The van der Waals surface area contributed by atoms with Crippen LogP contribution in [0.25, 0.3) is 5.95 Å². The van der Waals surface area contributed by atoms with E-state index in [0.717, 1.165) is 34.1 Å². The van der Waals surface area contributed by atoms with E-state index in [1.807, 2.05) is 25.1 Å². The number of carbonyl (C=O) groups is 1. The quantitative estimate of drug-likeness (QED) is 0.587. The van der Waals surface area contributed by atoms with Gasteiger partial charge >= 0.3 is 0 Å². The molecule has 0 fully saturated rings. The molecule has 1 aromatic carbocycles. The number of H-pyrrole nitrogens is 1. The number of nitrogens with zero attached hydrogens (tertiary/aromatic N) is 3. The summed E-state index contributed by atoms with van der Waals surface area (Å²) in [5.41, 5.74) is 2.72. The monoisotopic (exact) mass is 461 g/mol. The molecule has 2 aromatic heterocycles. The average molecular weight is 461 g/mol. The molecule has 2 N–H and O–H groups in total. The van der Waals surface area contributed by atoms with E-state index in [1.165, 1.54) is 4.68 Å². The van der Waals surface area contributed by atoms with Gasteiger partial charge in [0.25, 0.3) is 11.5 Å². The van der Waals surface area contributed by atoms with Gasteiger partial charge in [-0.25, -0.2) is 4.98 Å². The number of anilines is 1. The lowest BCUT2D eigenvalue weighted by molar-refractivity contribution is 0.102. The predicted molar refractivity (Wildman–Crippen MR) is 106 cm³/mol. The molecule has 4 rings (SSSR count). The van der Waals surface area contributed by atoms with Crippen LogP contribution in [0, 0.1) is 10.5 Å². The normalized spacial score (nSPS) is 12.8. The molecular weight excluding hydrogens is 445 g/mol. The highest BCUT2D eigenvalue weighted by molar-refractivity contribution is 14.1. The van der Waals surface area contributed by atoms with Gasteiger partial charge in [0.1, 0.15) is 5.82 Å². The van der Waals surface area contributed by atoms with E-state index in [1.54, 1.807) is 12.1 Å². The van der Waals surface area contributed by atoms with E-state index in [4.69, 9.17) is 0 Å². The van der Waals surface area contributed by atoms with E-state index in [9.17, 15) is 9.59 Å². The molecule has 1 aliphatic rings. The Labute approximate surface area is 163 Å². The Hall–Kier alpha value is -2.49. The number of benzene rings is 1. The van der Waals surface area contributed by atoms with Crippen molar-refractivity contribution in [3.8, 4) is 5.95 Å². The number of carbonyl (C=O) groups excluding carboxylic acids is 1. The van der Waals surface area contributed by atoms with Crippen LogP contribution in [0.1, 0.15) is 33.7 Å². The molecule has 26 heavy (non-hydrogen) atoms. The average Bonchev–Trinajstić information content (AvgIpc) is 3.22. The molecule has 2 heterocycles. The molecule has 7 nitrogen and oxygen atoms in total. The van der Waals surface area contributed by atoms with Gasteiger partial charge in [0.2, 0.25) is 5.95 Å². The summed E-state index contributed by atoms with van der Waals surface area (Å²) in [4.78, 5) is 32.3. The Kier molecular flexibility index (Phi) is 4.35. The number of amides is 1. The highest BCUT2D eigenvalue weighted by atomic mass is 127. The molecule has 0 bridgehead atoms. The topological polar surface area (TPSA) is 92.7 Å². The predicted octanol–water partition coefficient (Wildman–Crippen LogP) is 2.61. The Morgan fingerprint density at radius 1 is 1.31 bits per heavy atom. The summed E-state index contributed by atoms with van der Waals surface area (Å²) < 4.78 is 2.33. The van der Waals surface area contributed by atoms with Crippen molar-refractivity contribution in [1.29, 1.82) is 0 Å². The molecule has 0 saturated heterocycles. The Bertz CT molecular complexity index is 1070. The molecule has 0 spiro atoms. The van der Waals surface area contributed by atoms with Gasteiger partial charge in [-0.2, -0.15) is 9.78 Å².